The molecule has 0 spiro atoms. The highest BCUT2D eigenvalue weighted by Crippen LogP contribution is 2.34. The Morgan fingerprint density at radius 3 is 2.08 bits per heavy atom. The number of benzene rings is 1. The molecule has 5 nitrogen and oxygen atoms in total. The molecule has 2 atom stereocenters. The molecule has 2 aliphatic heterocycles. The van der Waals surface area contributed by atoms with Crippen molar-refractivity contribution in [3.8, 4) is 0 Å². The molecular weight excluding hydrogens is 316 g/mol. The summed E-state index contributed by atoms with van der Waals surface area (Å²) < 4.78 is 5.79. The first-order chi connectivity index (χ1) is 11.8. The minimum absolute atomic E-state index is 0.0199. The van der Waals surface area contributed by atoms with Gasteiger partial charge in [-0.05, 0) is 40.2 Å². The van der Waals surface area contributed by atoms with Crippen LogP contribution in [0.5, 0.6) is 0 Å². The third-order valence-electron chi connectivity index (χ3n) is 4.68. The lowest BCUT2D eigenvalue weighted by molar-refractivity contribution is -0.140. The second kappa shape index (κ2) is 6.64. The molecule has 0 aliphatic carbocycles. The van der Waals surface area contributed by atoms with Gasteiger partial charge >= 0.3 is 0 Å². The van der Waals surface area contributed by atoms with Crippen LogP contribution in [0.25, 0.3) is 5.57 Å². The van der Waals surface area contributed by atoms with Crippen molar-refractivity contribution in [3.63, 3.8) is 0 Å². The summed E-state index contributed by atoms with van der Waals surface area (Å²) >= 11 is 0. The maximum absolute atomic E-state index is 13.1. The molecule has 25 heavy (non-hydrogen) atoms. The van der Waals surface area contributed by atoms with Crippen LogP contribution in [0.4, 0.5) is 0 Å². The highest BCUT2D eigenvalue weighted by molar-refractivity contribution is 6.35. The van der Waals surface area contributed by atoms with Crippen LogP contribution >= 0.6 is 0 Å². The number of nitrogens with zero attached hydrogens (tertiary/aromatic N) is 2. The Bertz CT molecular complexity index is 711. The van der Waals surface area contributed by atoms with Gasteiger partial charge in [-0.15, -0.1) is 0 Å². The lowest BCUT2D eigenvalue weighted by Crippen LogP contribution is -2.47. The summed E-state index contributed by atoms with van der Waals surface area (Å²) in [4.78, 5) is 29.5. The van der Waals surface area contributed by atoms with E-state index < -0.39 is 0 Å². The second-order valence-corrected chi connectivity index (χ2v) is 7.33. The van der Waals surface area contributed by atoms with E-state index in [9.17, 15) is 9.59 Å². The molecule has 3 rings (SSSR count). The third kappa shape index (κ3) is 3.21. The fourth-order valence-electron chi connectivity index (χ4n) is 3.64. The molecule has 134 valence electrons. The molecule has 1 fully saturated rings. The van der Waals surface area contributed by atoms with Crippen LogP contribution in [0.1, 0.15) is 38.8 Å². The standard InChI is InChI=1S/C20H26N2O3/c1-12(2)22-19(23)17(16-8-6-13(3)7-9-16)18(20(22)24)21-10-14(4)25-15(5)11-21/h6-9,12,14-15H,10-11H2,1-5H3. The number of aryl methyl sites for hydroxylation is 1. The number of carbonyl (C=O) groups is 2. The molecule has 1 saturated heterocycles. The fraction of sp³-hybridized carbons (Fsp3) is 0.500. The van der Waals surface area contributed by atoms with E-state index in [-0.39, 0.29) is 30.1 Å². The average molecular weight is 342 g/mol. The Balaban J connectivity index is 2.11. The Hall–Kier alpha value is -2.14. The zero-order chi connectivity index (χ0) is 18.3. The lowest BCUT2D eigenvalue weighted by atomic mass is 10.0. The maximum Gasteiger partial charge on any atom is 0.278 e. The zero-order valence-corrected chi connectivity index (χ0v) is 15.6. The van der Waals surface area contributed by atoms with Gasteiger partial charge in [0.1, 0.15) is 5.70 Å². The van der Waals surface area contributed by atoms with Gasteiger partial charge in [0.15, 0.2) is 0 Å². The number of carbonyl (C=O) groups excluding carboxylic acids is 2. The smallest absolute Gasteiger partial charge is 0.278 e. The van der Waals surface area contributed by atoms with E-state index >= 15 is 0 Å². The zero-order valence-electron chi connectivity index (χ0n) is 15.6. The van der Waals surface area contributed by atoms with Crippen molar-refractivity contribution in [2.75, 3.05) is 13.1 Å². The van der Waals surface area contributed by atoms with Crippen LogP contribution < -0.4 is 0 Å². The van der Waals surface area contributed by atoms with E-state index in [2.05, 4.69) is 0 Å². The van der Waals surface area contributed by atoms with Crippen LogP contribution in [-0.2, 0) is 14.3 Å². The minimum Gasteiger partial charge on any atom is -0.372 e. The van der Waals surface area contributed by atoms with Gasteiger partial charge < -0.3 is 9.64 Å². The molecular formula is C20H26N2O3. The van der Waals surface area contributed by atoms with Crippen LogP contribution in [0.3, 0.4) is 0 Å². The molecule has 2 unspecified atom stereocenters. The Kier molecular flexibility index (Phi) is 4.69. The number of hydrogen-bond acceptors (Lipinski definition) is 4. The number of amides is 2. The maximum atomic E-state index is 13.1. The normalized spacial score (nSPS) is 24.7. The monoisotopic (exact) mass is 342 g/mol. The third-order valence-corrected chi connectivity index (χ3v) is 4.68. The number of rotatable bonds is 3. The highest BCUT2D eigenvalue weighted by Gasteiger charge is 2.43. The molecule has 1 aromatic carbocycles. The summed E-state index contributed by atoms with van der Waals surface area (Å²) in [6.45, 7) is 11.0. The van der Waals surface area contributed by atoms with Crippen molar-refractivity contribution in [2.24, 2.45) is 0 Å². The quantitative estimate of drug-likeness (QED) is 0.792. The van der Waals surface area contributed by atoms with E-state index in [0.717, 1.165) is 11.1 Å². The van der Waals surface area contributed by atoms with Crippen molar-refractivity contribution in [1.29, 1.82) is 0 Å². The van der Waals surface area contributed by atoms with Gasteiger partial charge in [-0.1, -0.05) is 29.8 Å². The molecule has 1 aromatic rings. The predicted octanol–water partition coefficient (Wildman–Crippen LogP) is 2.59. The second-order valence-electron chi connectivity index (χ2n) is 7.33. The number of ether oxygens (including phenoxy) is 1. The largest absolute Gasteiger partial charge is 0.372 e. The molecule has 0 bridgehead atoms. The summed E-state index contributed by atoms with van der Waals surface area (Å²) in [5, 5.41) is 0. The molecule has 0 aromatic heterocycles. The Morgan fingerprint density at radius 2 is 1.56 bits per heavy atom. The van der Waals surface area contributed by atoms with E-state index in [1.54, 1.807) is 0 Å². The molecule has 2 amide bonds. The van der Waals surface area contributed by atoms with Crippen LogP contribution in [0.2, 0.25) is 0 Å². The minimum atomic E-state index is -0.203. The van der Waals surface area contributed by atoms with Gasteiger partial charge in [0, 0.05) is 19.1 Å². The summed E-state index contributed by atoms with van der Waals surface area (Å²) in [7, 11) is 0. The Morgan fingerprint density at radius 1 is 1.00 bits per heavy atom. The van der Waals surface area contributed by atoms with E-state index in [1.807, 2.05) is 63.8 Å². The number of imide groups is 1. The summed E-state index contributed by atoms with van der Waals surface area (Å²) in [6, 6.07) is 7.62. The molecule has 2 aliphatic rings. The first kappa shape index (κ1) is 17.7. The van der Waals surface area contributed by atoms with Gasteiger partial charge in [0.05, 0.1) is 17.8 Å². The Labute approximate surface area is 149 Å². The molecule has 0 saturated carbocycles. The van der Waals surface area contributed by atoms with Crippen molar-refractivity contribution in [3.05, 3.63) is 41.1 Å². The summed E-state index contributed by atoms with van der Waals surface area (Å²) in [6.07, 6.45) is 0.0399. The van der Waals surface area contributed by atoms with E-state index in [0.29, 0.717) is 24.4 Å². The summed E-state index contributed by atoms with van der Waals surface area (Å²) in [5.74, 6) is -0.400. The van der Waals surface area contributed by atoms with Crippen LogP contribution in [0, 0.1) is 6.92 Å². The van der Waals surface area contributed by atoms with Gasteiger partial charge in [0.2, 0.25) is 0 Å². The molecule has 2 heterocycles. The van der Waals surface area contributed by atoms with Crippen molar-refractivity contribution in [1.82, 2.24) is 9.80 Å². The first-order valence-electron chi connectivity index (χ1n) is 8.89. The van der Waals surface area contributed by atoms with E-state index in [1.165, 1.54) is 4.90 Å². The van der Waals surface area contributed by atoms with Gasteiger partial charge in [0.25, 0.3) is 11.8 Å². The molecule has 0 N–H and O–H groups in total. The van der Waals surface area contributed by atoms with Crippen LogP contribution in [-0.4, -0.2) is 53.0 Å². The van der Waals surface area contributed by atoms with Crippen molar-refractivity contribution >= 4 is 17.4 Å². The predicted molar refractivity (Wildman–Crippen MR) is 96.7 cm³/mol. The van der Waals surface area contributed by atoms with Crippen molar-refractivity contribution < 1.29 is 14.3 Å². The first-order valence-corrected chi connectivity index (χ1v) is 8.89. The van der Waals surface area contributed by atoms with Gasteiger partial charge in [-0.3, -0.25) is 14.5 Å². The fourth-order valence-corrected chi connectivity index (χ4v) is 3.64. The molecule has 0 radical (unpaired) electrons. The SMILES string of the molecule is Cc1ccc(C2=C(N3CC(C)OC(C)C3)C(=O)N(C(C)C)C2=O)cc1. The summed E-state index contributed by atoms with van der Waals surface area (Å²) in [5.41, 5.74) is 2.95. The lowest BCUT2D eigenvalue weighted by Gasteiger charge is -2.37. The van der Waals surface area contributed by atoms with Crippen molar-refractivity contribution in [2.45, 2.75) is 52.9 Å². The topological polar surface area (TPSA) is 49.9 Å². The number of hydrogen-bond donors (Lipinski definition) is 0. The highest BCUT2D eigenvalue weighted by atomic mass is 16.5. The van der Waals surface area contributed by atoms with E-state index in [4.69, 9.17) is 4.74 Å². The van der Waals surface area contributed by atoms with Gasteiger partial charge in [-0.2, -0.15) is 0 Å². The molecule has 5 heteroatoms. The average Bonchev–Trinajstić information content (AvgIpc) is 2.78. The van der Waals surface area contributed by atoms with Crippen LogP contribution in [0.15, 0.2) is 30.0 Å². The number of morpholine rings is 1. The van der Waals surface area contributed by atoms with Gasteiger partial charge in [-0.25, -0.2) is 0 Å².